The number of para-hydroxylation sites is 3. The van der Waals surface area contributed by atoms with Gasteiger partial charge in [-0.15, -0.1) is 11.3 Å². The van der Waals surface area contributed by atoms with Crippen molar-refractivity contribution in [2.45, 2.75) is 12.8 Å². The quantitative estimate of drug-likeness (QED) is 0.282. The highest BCUT2D eigenvalue weighted by Gasteiger charge is 2.33. The van der Waals surface area contributed by atoms with Crippen LogP contribution in [0.2, 0.25) is 0 Å². The van der Waals surface area contributed by atoms with Gasteiger partial charge in [0, 0.05) is 28.0 Å². The van der Waals surface area contributed by atoms with Crippen LogP contribution in [-0.4, -0.2) is 20.7 Å². The van der Waals surface area contributed by atoms with Gasteiger partial charge in [0.2, 0.25) is 11.0 Å². The predicted molar refractivity (Wildman–Crippen MR) is 143 cm³/mol. The molecule has 7 rings (SSSR count). The Hall–Kier alpha value is -4.69. The van der Waals surface area contributed by atoms with Gasteiger partial charge < -0.3 is 14.5 Å². The lowest BCUT2D eigenvalue weighted by Gasteiger charge is -2.27. The van der Waals surface area contributed by atoms with Crippen LogP contribution in [0.4, 0.5) is 5.82 Å². The summed E-state index contributed by atoms with van der Waals surface area (Å²) < 4.78 is 13.7. The normalized spacial score (nSPS) is 12.7. The average Bonchev–Trinajstić information content (AvgIpc) is 3.65. The van der Waals surface area contributed by atoms with Crippen molar-refractivity contribution < 1.29 is 13.9 Å². The number of nitrogens with zero attached hydrogens (tertiary/aromatic N) is 3. The molecule has 7 nitrogen and oxygen atoms in total. The number of carbonyl (C=O) groups excluding carboxylic acids is 1. The summed E-state index contributed by atoms with van der Waals surface area (Å²) in [5.41, 5.74) is 3.94. The van der Waals surface area contributed by atoms with E-state index in [1.165, 1.54) is 11.3 Å². The topological polar surface area (TPSA) is 82.2 Å². The molecule has 0 spiro atoms. The van der Waals surface area contributed by atoms with E-state index in [-0.39, 0.29) is 5.91 Å². The minimum absolute atomic E-state index is 0.168. The van der Waals surface area contributed by atoms with Crippen molar-refractivity contribution in [2.75, 3.05) is 5.32 Å². The number of amides is 1. The van der Waals surface area contributed by atoms with E-state index in [9.17, 15) is 4.79 Å². The van der Waals surface area contributed by atoms with Gasteiger partial charge in [-0.25, -0.2) is 4.98 Å². The molecule has 1 amide bonds. The summed E-state index contributed by atoms with van der Waals surface area (Å²) in [5.74, 6) is 1.91. The van der Waals surface area contributed by atoms with Gasteiger partial charge in [-0.2, -0.15) is 9.78 Å². The number of aryl methyl sites for hydroxylation is 1. The first-order chi connectivity index (χ1) is 18.1. The number of nitrogens with one attached hydrogen (secondary N) is 1. The van der Waals surface area contributed by atoms with E-state index >= 15 is 0 Å². The van der Waals surface area contributed by atoms with Gasteiger partial charge >= 0.3 is 0 Å². The lowest BCUT2D eigenvalue weighted by atomic mass is 9.87. The molecule has 8 heteroatoms. The van der Waals surface area contributed by atoms with Crippen LogP contribution in [0.5, 0.6) is 11.5 Å². The van der Waals surface area contributed by atoms with Crippen molar-refractivity contribution in [3.8, 4) is 28.1 Å². The van der Waals surface area contributed by atoms with Crippen LogP contribution in [0.3, 0.4) is 0 Å². The Morgan fingerprint density at radius 3 is 2.41 bits per heavy atom. The van der Waals surface area contributed by atoms with Crippen molar-refractivity contribution >= 4 is 34.0 Å². The van der Waals surface area contributed by atoms with Crippen molar-refractivity contribution in [3.05, 3.63) is 107 Å². The second-order valence-electron chi connectivity index (χ2n) is 8.85. The molecule has 0 saturated heterocycles. The van der Waals surface area contributed by atoms with Crippen molar-refractivity contribution in [3.63, 3.8) is 0 Å². The standard InChI is InChI=1S/C29H20N4O3S/c1-17-14-26(31-28(34)27-19-9-3-6-12-23(19)36-24-13-7-4-10-20(24)27)33(32-17)29-30-21(16-37-29)25-15-18-8-2-5-11-22(18)35-25/h2-16,27H,1H3,(H,31,34). The number of furan rings is 1. The third-order valence-electron chi connectivity index (χ3n) is 6.38. The van der Waals surface area contributed by atoms with Crippen LogP contribution in [0.15, 0.2) is 94.7 Å². The molecule has 1 N–H and O–H groups in total. The Bertz CT molecular complexity index is 1720. The van der Waals surface area contributed by atoms with Gasteiger partial charge in [-0.05, 0) is 31.2 Å². The van der Waals surface area contributed by atoms with Crippen molar-refractivity contribution in [2.24, 2.45) is 0 Å². The van der Waals surface area contributed by atoms with Crippen molar-refractivity contribution in [1.29, 1.82) is 0 Å². The Morgan fingerprint density at radius 1 is 0.946 bits per heavy atom. The van der Waals surface area contributed by atoms with Crippen molar-refractivity contribution in [1.82, 2.24) is 14.8 Å². The summed E-state index contributed by atoms with van der Waals surface area (Å²) in [4.78, 5) is 18.5. The number of carbonyl (C=O) groups is 1. The van der Waals surface area contributed by atoms with Crippen LogP contribution < -0.4 is 10.1 Å². The summed E-state index contributed by atoms with van der Waals surface area (Å²) in [6.45, 7) is 1.89. The molecule has 1 aliphatic rings. The minimum atomic E-state index is -0.521. The van der Waals surface area contributed by atoms with Crippen LogP contribution in [0.1, 0.15) is 22.7 Å². The lowest BCUT2D eigenvalue weighted by molar-refractivity contribution is -0.116. The fourth-order valence-corrected chi connectivity index (χ4v) is 5.48. The largest absolute Gasteiger partial charge is 0.457 e. The zero-order chi connectivity index (χ0) is 24.9. The van der Waals surface area contributed by atoms with Gasteiger partial charge in [0.05, 0.1) is 11.6 Å². The highest BCUT2D eigenvalue weighted by molar-refractivity contribution is 7.12. The van der Waals surface area contributed by atoms with E-state index in [0.29, 0.717) is 33.9 Å². The van der Waals surface area contributed by atoms with Gasteiger partial charge in [0.15, 0.2) is 5.76 Å². The summed E-state index contributed by atoms with van der Waals surface area (Å²) in [6, 6.07) is 27.0. The number of ether oxygens (including phenoxy) is 1. The summed E-state index contributed by atoms with van der Waals surface area (Å²) in [7, 11) is 0. The van der Waals surface area contributed by atoms with E-state index in [1.54, 1.807) is 4.68 Å². The molecule has 0 bridgehead atoms. The van der Waals surface area contributed by atoms with E-state index in [1.807, 2.05) is 97.2 Å². The average molecular weight is 505 g/mol. The molecule has 1 aliphatic heterocycles. The first-order valence-electron chi connectivity index (χ1n) is 11.8. The fourth-order valence-electron chi connectivity index (χ4n) is 4.71. The third kappa shape index (κ3) is 3.70. The molecule has 3 aromatic heterocycles. The number of thiazole rings is 1. The van der Waals surface area contributed by atoms with E-state index in [2.05, 4.69) is 10.4 Å². The Morgan fingerprint density at radius 2 is 1.65 bits per heavy atom. The predicted octanol–water partition coefficient (Wildman–Crippen LogP) is 6.93. The number of fused-ring (bicyclic) bond motifs is 3. The Balaban J connectivity index is 1.23. The first-order valence-corrected chi connectivity index (χ1v) is 12.7. The van der Waals surface area contributed by atoms with E-state index in [0.717, 1.165) is 27.8 Å². The maximum Gasteiger partial charge on any atom is 0.237 e. The molecule has 4 heterocycles. The molecule has 0 saturated carbocycles. The van der Waals surface area contributed by atoms with Gasteiger partial charge in [-0.1, -0.05) is 54.6 Å². The molecule has 0 aliphatic carbocycles. The molecule has 37 heavy (non-hydrogen) atoms. The number of benzene rings is 3. The lowest BCUT2D eigenvalue weighted by Crippen LogP contribution is -2.26. The molecule has 0 fully saturated rings. The monoisotopic (exact) mass is 504 g/mol. The number of anilines is 1. The zero-order valence-electron chi connectivity index (χ0n) is 19.7. The number of hydrogen-bond acceptors (Lipinski definition) is 6. The van der Waals surface area contributed by atoms with Crippen LogP contribution in [0.25, 0.3) is 27.6 Å². The van der Waals surface area contributed by atoms with Crippen LogP contribution in [-0.2, 0) is 4.79 Å². The second-order valence-corrected chi connectivity index (χ2v) is 9.68. The summed E-state index contributed by atoms with van der Waals surface area (Å²) in [6.07, 6.45) is 0. The van der Waals surface area contributed by atoms with Crippen LogP contribution >= 0.6 is 11.3 Å². The fraction of sp³-hybridized carbons (Fsp3) is 0.0690. The SMILES string of the molecule is Cc1cc(NC(=O)C2c3ccccc3Oc3ccccc32)n(-c2nc(-c3cc4ccccc4o3)cs2)n1. The summed E-state index contributed by atoms with van der Waals surface area (Å²) >= 11 is 1.43. The molecular formula is C29H20N4O3S. The van der Waals surface area contributed by atoms with Crippen LogP contribution in [0, 0.1) is 6.92 Å². The Labute approximate surface area is 216 Å². The molecule has 0 radical (unpaired) electrons. The van der Waals surface area contributed by atoms with E-state index in [4.69, 9.17) is 14.1 Å². The van der Waals surface area contributed by atoms with E-state index < -0.39 is 5.92 Å². The number of aromatic nitrogens is 3. The smallest absolute Gasteiger partial charge is 0.237 e. The molecule has 0 atom stereocenters. The molecule has 6 aromatic rings. The van der Waals surface area contributed by atoms with Gasteiger partial charge in [0.25, 0.3) is 0 Å². The summed E-state index contributed by atoms with van der Waals surface area (Å²) in [5, 5.41) is 11.3. The highest BCUT2D eigenvalue weighted by Crippen LogP contribution is 2.44. The Kier molecular flexibility index (Phi) is 4.93. The van der Waals surface area contributed by atoms with Gasteiger partial charge in [0.1, 0.15) is 28.6 Å². The number of hydrogen-bond donors (Lipinski definition) is 1. The molecular weight excluding hydrogens is 484 g/mol. The maximum atomic E-state index is 13.8. The molecule has 180 valence electrons. The van der Waals surface area contributed by atoms with Gasteiger partial charge in [-0.3, -0.25) is 4.79 Å². The second kappa shape index (κ2) is 8.46. The number of rotatable bonds is 4. The zero-order valence-corrected chi connectivity index (χ0v) is 20.5. The minimum Gasteiger partial charge on any atom is -0.457 e. The molecule has 0 unspecified atom stereocenters. The maximum absolute atomic E-state index is 13.8. The highest BCUT2D eigenvalue weighted by atomic mass is 32.1. The first kappa shape index (κ1) is 21.6. The molecule has 3 aromatic carbocycles. The third-order valence-corrected chi connectivity index (χ3v) is 7.19.